The zero-order chi connectivity index (χ0) is 12.5. The molecule has 0 radical (unpaired) electrons. The van der Waals surface area contributed by atoms with Crippen LogP contribution in [-0.2, 0) is 17.8 Å². The van der Waals surface area contributed by atoms with Crippen LogP contribution in [-0.4, -0.2) is 27.5 Å². The fourth-order valence-corrected chi connectivity index (χ4v) is 1.86. The van der Waals surface area contributed by atoms with E-state index in [2.05, 4.69) is 27.5 Å². The van der Waals surface area contributed by atoms with E-state index in [-0.39, 0.29) is 17.5 Å². The van der Waals surface area contributed by atoms with E-state index in [9.17, 15) is 4.79 Å². The van der Waals surface area contributed by atoms with Crippen molar-refractivity contribution < 1.29 is 4.79 Å². The van der Waals surface area contributed by atoms with Crippen LogP contribution in [0, 0.1) is 0 Å². The highest BCUT2D eigenvalue weighted by molar-refractivity contribution is 5.83. The van der Waals surface area contributed by atoms with Crippen LogP contribution in [0.2, 0.25) is 0 Å². The van der Waals surface area contributed by atoms with Crippen LogP contribution in [0.25, 0.3) is 0 Å². The molecule has 1 unspecified atom stereocenters. The summed E-state index contributed by atoms with van der Waals surface area (Å²) in [4.78, 5) is 19.4. The van der Waals surface area contributed by atoms with E-state index in [0.717, 1.165) is 17.8 Å². The molecule has 17 heavy (non-hydrogen) atoms. The number of nitrogens with zero attached hydrogens (tertiary/aromatic N) is 1. The minimum absolute atomic E-state index is 0.0606. The molecule has 0 fully saturated rings. The topological polar surface area (TPSA) is 69.8 Å². The first kappa shape index (κ1) is 12.1. The van der Waals surface area contributed by atoms with Gasteiger partial charge >= 0.3 is 0 Å². The van der Waals surface area contributed by atoms with Crippen LogP contribution in [0.3, 0.4) is 0 Å². The number of hydrogen-bond acceptors (Lipinski definition) is 3. The molecule has 1 amide bonds. The lowest BCUT2D eigenvalue weighted by molar-refractivity contribution is -0.125. The van der Waals surface area contributed by atoms with Gasteiger partial charge in [0, 0.05) is 18.5 Å². The van der Waals surface area contributed by atoms with Gasteiger partial charge in [0.25, 0.3) is 0 Å². The van der Waals surface area contributed by atoms with E-state index >= 15 is 0 Å². The van der Waals surface area contributed by atoms with Gasteiger partial charge in [0.2, 0.25) is 5.91 Å². The van der Waals surface area contributed by atoms with E-state index in [1.165, 1.54) is 0 Å². The van der Waals surface area contributed by atoms with Crippen molar-refractivity contribution >= 4 is 5.91 Å². The summed E-state index contributed by atoms with van der Waals surface area (Å²) >= 11 is 0. The Labute approximate surface area is 101 Å². The van der Waals surface area contributed by atoms with E-state index < -0.39 is 0 Å². The summed E-state index contributed by atoms with van der Waals surface area (Å²) in [5.74, 6) is 0.0606. The van der Waals surface area contributed by atoms with Gasteiger partial charge in [-0.2, -0.15) is 0 Å². The first-order chi connectivity index (χ1) is 8.02. The van der Waals surface area contributed by atoms with Crippen LogP contribution in [0.15, 0.2) is 6.33 Å². The van der Waals surface area contributed by atoms with E-state index in [1.807, 2.05) is 13.8 Å². The smallest absolute Gasteiger partial charge is 0.237 e. The Kier molecular flexibility index (Phi) is 3.19. The van der Waals surface area contributed by atoms with Crippen molar-refractivity contribution in [3.8, 4) is 0 Å². The van der Waals surface area contributed by atoms with Crippen LogP contribution in [0.1, 0.15) is 38.6 Å². The zero-order valence-corrected chi connectivity index (χ0v) is 10.6. The molecule has 5 heteroatoms. The number of aromatic amines is 1. The molecular weight excluding hydrogens is 216 g/mol. The summed E-state index contributed by atoms with van der Waals surface area (Å²) in [7, 11) is 0. The van der Waals surface area contributed by atoms with E-state index in [1.54, 1.807) is 6.33 Å². The largest absolute Gasteiger partial charge is 0.350 e. The molecule has 1 atom stereocenters. The van der Waals surface area contributed by atoms with Crippen LogP contribution < -0.4 is 10.6 Å². The number of fused-ring (bicyclic) bond motifs is 1. The molecule has 5 nitrogen and oxygen atoms in total. The molecule has 0 aliphatic carbocycles. The molecule has 0 spiro atoms. The van der Waals surface area contributed by atoms with Gasteiger partial charge in [-0.15, -0.1) is 0 Å². The highest BCUT2D eigenvalue weighted by Gasteiger charge is 2.28. The third-order valence-corrected chi connectivity index (χ3v) is 3.39. The summed E-state index contributed by atoms with van der Waals surface area (Å²) in [6.45, 7) is 6.82. The van der Waals surface area contributed by atoms with Gasteiger partial charge < -0.3 is 10.3 Å². The number of amides is 1. The lowest BCUT2D eigenvalue weighted by Gasteiger charge is -2.29. The van der Waals surface area contributed by atoms with Crippen molar-refractivity contribution in [2.24, 2.45) is 0 Å². The minimum Gasteiger partial charge on any atom is -0.350 e. The monoisotopic (exact) mass is 236 g/mol. The molecule has 3 N–H and O–H groups in total. The Morgan fingerprint density at radius 1 is 1.65 bits per heavy atom. The van der Waals surface area contributed by atoms with Crippen molar-refractivity contribution in [3.63, 3.8) is 0 Å². The Morgan fingerprint density at radius 2 is 2.41 bits per heavy atom. The van der Waals surface area contributed by atoms with E-state index in [4.69, 9.17) is 0 Å². The number of imidazole rings is 1. The van der Waals surface area contributed by atoms with Gasteiger partial charge in [0.15, 0.2) is 0 Å². The number of carbonyl (C=O) groups is 1. The predicted molar refractivity (Wildman–Crippen MR) is 65.4 cm³/mol. The Hall–Kier alpha value is -1.36. The molecule has 94 valence electrons. The van der Waals surface area contributed by atoms with Gasteiger partial charge in [-0.25, -0.2) is 4.98 Å². The highest BCUT2D eigenvalue weighted by Crippen LogP contribution is 2.14. The van der Waals surface area contributed by atoms with Gasteiger partial charge in [0.1, 0.15) is 0 Å². The molecule has 2 heterocycles. The van der Waals surface area contributed by atoms with Crippen molar-refractivity contribution in [3.05, 3.63) is 17.7 Å². The standard InChI is InChI=1S/C12H20N4O/c1-4-12(2,3)16-11(17)9-5-8-10(6-13-9)15-7-14-8/h7,9,13H,4-6H2,1-3H3,(H,14,15)(H,16,17). The molecule has 0 saturated carbocycles. The molecule has 0 aromatic carbocycles. The molecule has 1 aromatic rings. The summed E-state index contributed by atoms with van der Waals surface area (Å²) in [5.41, 5.74) is 1.94. The van der Waals surface area contributed by atoms with Crippen molar-refractivity contribution in [2.45, 2.75) is 51.7 Å². The molecule has 0 saturated heterocycles. The maximum absolute atomic E-state index is 12.1. The van der Waals surface area contributed by atoms with Gasteiger partial charge in [0.05, 0.1) is 23.8 Å². The second kappa shape index (κ2) is 4.49. The summed E-state index contributed by atoms with van der Waals surface area (Å²) in [6, 6.07) is -0.170. The molecular formula is C12H20N4O. The van der Waals surface area contributed by atoms with Crippen molar-refractivity contribution in [2.75, 3.05) is 0 Å². The average Bonchev–Trinajstić information content (AvgIpc) is 2.75. The SMILES string of the molecule is CCC(C)(C)NC(=O)C1Cc2nc[nH]c2CN1. The van der Waals surface area contributed by atoms with Gasteiger partial charge in [-0.05, 0) is 20.3 Å². The van der Waals surface area contributed by atoms with Crippen molar-refractivity contribution in [1.82, 2.24) is 20.6 Å². The molecule has 1 aromatic heterocycles. The number of nitrogens with one attached hydrogen (secondary N) is 3. The zero-order valence-electron chi connectivity index (χ0n) is 10.6. The summed E-state index contributed by atoms with van der Waals surface area (Å²) in [5, 5.41) is 6.28. The number of aromatic nitrogens is 2. The lowest BCUT2D eigenvalue weighted by Crippen LogP contribution is -2.53. The van der Waals surface area contributed by atoms with Crippen LogP contribution >= 0.6 is 0 Å². The fraction of sp³-hybridized carbons (Fsp3) is 0.667. The maximum Gasteiger partial charge on any atom is 0.237 e. The third kappa shape index (κ3) is 2.66. The second-order valence-corrected chi connectivity index (χ2v) is 5.19. The number of rotatable bonds is 3. The number of carbonyl (C=O) groups excluding carboxylic acids is 1. The Morgan fingerprint density at radius 3 is 3.12 bits per heavy atom. The fourth-order valence-electron chi connectivity index (χ4n) is 1.86. The quantitative estimate of drug-likeness (QED) is 0.724. The first-order valence-electron chi connectivity index (χ1n) is 6.08. The van der Waals surface area contributed by atoms with Gasteiger partial charge in [-0.3, -0.25) is 10.1 Å². The second-order valence-electron chi connectivity index (χ2n) is 5.19. The molecule has 2 rings (SSSR count). The third-order valence-electron chi connectivity index (χ3n) is 3.39. The lowest BCUT2D eigenvalue weighted by atomic mass is 9.99. The summed E-state index contributed by atoms with van der Waals surface area (Å²) < 4.78 is 0. The minimum atomic E-state index is -0.170. The van der Waals surface area contributed by atoms with E-state index in [0.29, 0.717) is 13.0 Å². The van der Waals surface area contributed by atoms with Crippen molar-refractivity contribution in [1.29, 1.82) is 0 Å². The maximum atomic E-state index is 12.1. The first-order valence-corrected chi connectivity index (χ1v) is 6.08. The Balaban J connectivity index is 1.99. The summed E-state index contributed by atoms with van der Waals surface area (Å²) in [6.07, 6.45) is 3.26. The molecule has 1 aliphatic rings. The van der Waals surface area contributed by atoms with Gasteiger partial charge in [-0.1, -0.05) is 6.92 Å². The number of hydrogen-bond donors (Lipinski definition) is 3. The molecule has 1 aliphatic heterocycles. The highest BCUT2D eigenvalue weighted by atomic mass is 16.2. The average molecular weight is 236 g/mol. The normalized spacial score (nSPS) is 19.8. The Bertz CT molecular complexity index is 410. The number of H-pyrrole nitrogens is 1. The predicted octanol–water partition coefficient (Wildman–Crippen LogP) is 0.729. The molecule has 0 bridgehead atoms. The van der Waals surface area contributed by atoms with Crippen LogP contribution in [0.4, 0.5) is 0 Å². The van der Waals surface area contributed by atoms with Crippen LogP contribution in [0.5, 0.6) is 0 Å².